The van der Waals surface area contributed by atoms with Crippen molar-refractivity contribution in [2.75, 3.05) is 32.9 Å². The van der Waals surface area contributed by atoms with Crippen molar-refractivity contribution in [1.82, 2.24) is 10.6 Å². The van der Waals surface area contributed by atoms with Crippen molar-refractivity contribution < 1.29 is 14.2 Å². The van der Waals surface area contributed by atoms with E-state index in [-0.39, 0.29) is 24.0 Å². The molecule has 2 N–H and O–H groups in total. The monoisotopic (exact) mass is 553 g/mol. The summed E-state index contributed by atoms with van der Waals surface area (Å²) in [6, 6.07) is 16.6. The van der Waals surface area contributed by atoms with Crippen LogP contribution in [0.25, 0.3) is 0 Å². The number of nitrogens with one attached hydrogen (secondary N) is 2. The van der Waals surface area contributed by atoms with Crippen LogP contribution in [0, 0.1) is 6.92 Å². The van der Waals surface area contributed by atoms with Gasteiger partial charge < -0.3 is 24.8 Å². The molecule has 0 radical (unpaired) electrons. The van der Waals surface area contributed by atoms with E-state index in [0.717, 1.165) is 44.3 Å². The zero-order valence-electron chi connectivity index (χ0n) is 19.1. The zero-order valence-corrected chi connectivity index (χ0v) is 21.5. The van der Waals surface area contributed by atoms with Crippen LogP contribution in [-0.4, -0.2) is 45.0 Å². The molecule has 1 heterocycles. The molecule has 0 aromatic heterocycles. The highest BCUT2D eigenvalue weighted by atomic mass is 127. The van der Waals surface area contributed by atoms with Gasteiger partial charge in [-0.1, -0.05) is 42.0 Å². The third-order valence-corrected chi connectivity index (χ3v) is 5.09. The number of rotatable bonds is 10. The summed E-state index contributed by atoms with van der Waals surface area (Å²) >= 11 is 0. The first-order valence-corrected chi connectivity index (χ1v) is 11.2. The lowest BCUT2D eigenvalue weighted by atomic mass is 10.1. The molecule has 7 heteroatoms. The molecule has 0 atom stereocenters. The summed E-state index contributed by atoms with van der Waals surface area (Å²) in [4.78, 5) is 4.71. The smallest absolute Gasteiger partial charge is 0.191 e. The van der Waals surface area contributed by atoms with Crippen molar-refractivity contribution in [3.05, 3.63) is 65.2 Å². The highest BCUT2D eigenvalue weighted by Crippen LogP contribution is 2.15. The van der Waals surface area contributed by atoms with Crippen molar-refractivity contribution in [1.29, 1.82) is 0 Å². The number of aliphatic imine (C=N–C) groups is 1. The summed E-state index contributed by atoms with van der Waals surface area (Å²) in [5.41, 5.74) is 3.58. The van der Waals surface area contributed by atoms with E-state index < -0.39 is 0 Å². The Morgan fingerprint density at radius 3 is 2.56 bits per heavy atom. The van der Waals surface area contributed by atoms with E-state index in [2.05, 4.69) is 60.9 Å². The van der Waals surface area contributed by atoms with Gasteiger partial charge in [0.05, 0.1) is 25.8 Å². The first-order valence-electron chi connectivity index (χ1n) is 11.2. The second kappa shape index (κ2) is 15.1. The van der Waals surface area contributed by atoms with Crippen LogP contribution < -0.4 is 15.4 Å². The van der Waals surface area contributed by atoms with Gasteiger partial charge in [0.2, 0.25) is 0 Å². The molecule has 0 spiro atoms. The second-order valence-electron chi connectivity index (χ2n) is 7.73. The Hall–Kier alpha value is -1.84. The highest BCUT2D eigenvalue weighted by Gasteiger charge is 2.14. The zero-order chi connectivity index (χ0) is 21.7. The average Bonchev–Trinajstić information content (AvgIpc) is 2.81. The number of guanidine groups is 1. The molecule has 1 aliphatic rings. The molecule has 0 unspecified atom stereocenters. The van der Waals surface area contributed by atoms with Gasteiger partial charge >= 0.3 is 0 Å². The lowest BCUT2D eigenvalue weighted by Crippen LogP contribution is -2.39. The minimum atomic E-state index is 0. The van der Waals surface area contributed by atoms with Gasteiger partial charge in [-0.25, -0.2) is 4.99 Å². The predicted molar refractivity (Wildman–Crippen MR) is 140 cm³/mol. The Balaban J connectivity index is 0.00000363. The van der Waals surface area contributed by atoms with Crippen molar-refractivity contribution >= 4 is 29.9 Å². The first kappa shape index (κ1) is 26.4. The Bertz CT molecular complexity index is 808. The van der Waals surface area contributed by atoms with Crippen LogP contribution in [0.3, 0.4) is 0 Å². The molecule has 1 aliphatic heterocycles. The summed E-state index contributed by atoms with van der Waals surface area (Å²) in [7, 11) is 0. The van der Waals surface area contributed by atoms with Crippen molar-refractivity contribution in [3.8, 4) is 5.75 Å². The molecule has 3 rings (SSSR count). The van der Waals surface area contributed by atoms with Crippen molar-refractivity contribution in [2.45, 2.75) is 45.9 Å². The minimum absolute atomic E-state index is 0. The number of halogens is 1. The fraction of sp³-hybridized carbons (Fsp3) is 0.480. The van der Waals surface area contributed by atoms with Gasteiger partial charge in [-0.05, 0) is 49.9 Å². The van der Waals surface area contributed by atoms with Gasteiger partial charge in [-0.15, -0.1) is 24.0 Å². The van der Waals surface area contributed by atoms with Gasteiger partial charge in [0.25, 0.3) is 0 Å². The molecule has 0 bridgehead atoms. The Labute approximate surface area is 209 Å². The number of aryl methyl sites for hydroxylation is 1. The normalized spacial score (nSPS) is 14.5. The predicted octanol–water partition coefficient (Wildman–Crippen LogP) is 4.44. The van der Waals surface area contributed by atoms with Gasteiger partial charge in [-0.3, -0.25) is 0 Å². The molecule has 0 aliphatic carbocycles. The Kier molecular flexibility index (Phi) is 12.4. The number of hydrogen-bond donors (Lipinski definition) is 2. The molecular formula is C25H36IN3O3. The van der Waals surface area contributed by atoms with Gasteiger partial charge in [0, 0.05) is 19.8 Å². The third kappa shape index (κ3) is 9.75. The van der Waals surface area contributed by atoms with Crippen LogP contribution in [0.1, 0.15) is 36.5 Å². The maximum Gasteiger partial charge on any atom is 0.191 e. The quantitative estimate of drug-likeness (QED) is 0.197. The topological polar surface area (TPSA) is 64.1 Å². The highest BCUT2D eigenvalue weighted by molar-refractivity contribution is 14.0. The fourth-order valence-electron chi connectivity index (χ4n) is 3.36. The summed E-state index contributed by atoms with van der Waals surface area (Å²) < 4.78 is 17.2. The average molecular weight is 553 g/mol. The molecule has 2 aromatic rings. The maximum absolute atomic E-state index is 6.04. The first-order chi connectivity index (χ1) is 15.2. The van der Waals surface area contributed by atoms with Crippen LogP contribution in [0.15, 0.2) is 53.5 Å². The van der Waals surface area contributed by atoms with E-state index >= 15 is 0 Å². The van der Waals surface area contributed by atoms with E-state index in [1.165, 1.54) is 16.7 Å². The lowest BCUT2D eigenvalue weighted by Gasteiger charge is -2.22. The van der Waals surface area contributed by atoms with E-state index in [1.54, 1.807) is 0 Å². The molecule has 0 saturated carbocycles. The molecule has 1 saturated heterocycles. The number of ether oxygens (including phenoxy) is 3. The van der Waals surface area contributed by atoms with Crippen molar-refractivity contribution in [3.63, 3.8) is 0 Å². The van der Waals surface area contributed by atoms with E-state index in [1.807, 2.05) is 12.1 Å². The molecular weight excluding hydrogens is 517 g/mol. The molecule has 0 amide bonds. The van der Waals surface area contributed by atoms with E-state index in [0.29, 0.717) is 32.4 Å². The van der Waals surface area contributed by atoms with Crippen molar-refractivity contribution in [2.24, 2.45) is 4.99 Å². The number of nitrogens with zero attached hydrogens (tertiary/aromatic N) is 1. The number of hydrogen-bond acceptors (Lipinski definition) is 4. The molecule has 32 heavy (non-hydrogen) atoms. The lowest BCUT2D eigenvalue weighted by molar-refractivity contribution is -0.0390. The van der Waals surface area contributed by atoms with Crippen LogP contribution in [0.5, 0.6) is 5.75 Å². The molecule has 1 fully saturated rings. The Morgan fingerprint density at radius 1 is 1.06 bits per heavy atom. The van der Waals surface area contributed by atoms with Crippen LogP contribution in [0.4, 0.5) is 0 Å². The third-order valence-electron chi connectivity index (χ3n) is 5.09. The minimum Gasteiger partial charge on any atom is -0.492 e. The van der Waals surface area contributed by atoms with E-state index in [4.69, 9.17) is 19.2 Å². The van der Waals surface area contributed by atoms with E-state index in [9.17, 15) is 0 Å². The number of benzene rings is 2. The molecule has 176 valence electrons. The van der Waals surface area contributed by atoms with Gasteiger partial charge in [-0.2, -0.15) is 0 Å². The Morgan fingerprint density at radius 2 is 1.81 bits per heavy atom. The van der Waals surface area contributed by atoms with Crippen LogP contribution >= 0.6 is 24.0 Å². The fourth-order valence-corrected chi connectivity index (χ4v) is 3.36. The summed E-state index contributed by atoms with van der Waals surface area (Å²) in [5, 5.41) is 6.62. The summed E-state index contributed by atoms with van der Waals surface area (Å²) in [6.45, 7) is 9.05. The van der Waals surface area contributed by atoms with Gasteiger partial charge in [0.1, 0.15) is 12.4 Å². The summed E-state index contributed by atoms with van der Waals surface area (Å²) in [6.07, 6.45) is 2.27. The SMILES string of the molecule is CCNC(=NCc1cccc(COC2CCOCC2)c1)NCCOc1ccc(C)cc1.I. The standard InChI is InChI=1S/C25H35N3O3.HI/c1-3-26-25(27-13-16-30-23-9-7-20(2)8-10-23)28-18-21-5-4-6-22(17-21)19-31-24-11-14-29-15-12-24;/h4-10,17,24H,3,11-16,18-19H2,1-2H3,(H2,26,27,28);1H. The largest absolute Gasteiger partial charge is 0.492 e. The summed E-state index contributed by atoms with van der Waals surface area (Å²) in [5.74, 6) is 1.67. The second-order valence-corrected chi connectivity index (χ2v) is 7.73. The molecule has 2 aromatic carbocycles. The van der Waals surface area contributed by atoms with Crippen LogP contribution in [-0.2, 0) is 22.6 Å². The maximum atomic E-state index is 6.04. The molecule has 6 nitrogen and oxygen atoms in total. The van der Waals surface area contributed by atoms with Gasteiger partial charge in [0.15, 0.2) is 5.96 Å². The van der Waals surface area contributed by atoms with Crippen LogP contribution in [0.2, 0.25) is 0 Å².